The van der Waals surface area contributed by atoms with E-state index in [4.69, 9.17) is 0 Å². The first-order chi connectivity index (χ1) is 9.94. The molecule has 4 heteroatoms. The Morgan fingerprint density at radius 2 is 1.71 bits per heavy atom. The lowest BCUT2D eigenvalue weighted by atomic mass is 10.0. The van der Waals surface area contributed by atoms with Gasteiger partial charge in [-0.1, -0.05) is 43.3 Å². The van der Waals surface area contributed by atoms with E-state index in [0.29, 0.717) is 0 Å². The summed E-state index contributed by atoms with van der Waals surface area (Å²) in [4.78, 5) is 0. The predicted octanol–water partition coefficient (Wildman–Crippen LogP) is 3.31. The molecule has 3 nitrogen and oxygen atoms in total. The zero-order chi connectivity index (χ0) is 15.5. The molecule has 1 N–H and O–H groups in total. The van der Waals surface area contributed by atoms with Gasteiger partial charge in [0.1, 0.15) is 0 Å². The Labute approximate surface area is 127 Å². The summed E-state index contributed by atoms with van der Waals surface area (Å²) in [5.74, 6) is 0.136. The van der Waals surface area contributed by atoms with Gasteiger partial charge in [0.15, 0.2) is 9.84 Å². The molecule has 0 aliphatic carbocycles. The summed E-state index contributed by atoms with van der Waals surface area (Å²) in [5, 5.41) is 5.26. The second-order valence-electron chi connectivity index (χ2n) is 5.60. The molecule has 2 aromatic carbocycles. The van der Waals surface area contributed by atoms with Gasteiger partial charge >= 0.3 is 0 Å². The van der Waals surface area contributed by atoms with Crippen LogP contribution in [0.25, 0.3) is 10.8 Å². The van der Waals surface area contributed by atoms with Gasteiger partial charge in [0.05, 0.1) is 11.0 Å². The average Bonchev–Trinajstić information content (AvgIpc) is 2.46. The molecular formula is C17H23NO2S. The summed E-state index contributed by atoms with van der Waals surface area (Å²) in [6.45, 7) is 6.21. The van der Waals surface area contributed by atoms with Crippen molar-refractivity contribution in [2.45, 2.75) is 32.1 Å². The minimum atomic E-state index is -3.08. The van der Waals surface area contributed by atoms with E-state index in [2.05, 4.69) is 29.6 Å². The van der Waals surface area contributed by atoms with Crippen LogP contribution in [0.3, 0.4) is 0 Å². The predicted molar refractivity (Wildman–Crippen MR) is 89.3 cm³/mol. The number of nitrogens with one attached hydrogen (secondary N) is 1. The summed E-state index contributed by atoms with van der Waals surface area (Å²) in [7, 11) is -3.08. The Bertz CT molecular complexity index is 708. The van der Waals surface area contributed by atoms with Crippen LogP contribution in [-0.2, 0) is 9.84 Å². The highest BCUT2D eigenvalue weighted by Gasteiger charge is 2.23. The van der Waals surface area contributed by atoms with Crippen LogP contribution in [0.4, 0.5) is 0 Å². The van der Waals surface area contributed by atoms with Crippen LogP contribution in [0.5, 0.6) is 0 Å². The van der Waals surface area contributed by atoms with E-state index in [9.17, 15) is 8.42 Å². The van der Waals surface area contributed by atoms with E-state index in [0.717, 1.165) is 17.5 Å². The Morgan fingerprint density at radius 1 is 1.05 bits per heavy atom. The molecule has 2 aromatic rings. The standard InChI is InChI=1S/C17H23NO2S/c1-4-18-17(12-21(19,20)13(2)3)16-10-9-14-7-5-6-8-15(14)11-16/h5-11,13,17-18H,4,12H2,1-3H3. The second kappa shape index (κ2) is 6.58. The van der Waals surface area contributed by atoms with Crippen molar-refractivity contribution in [3.63, 3.8) is 0 Å². The summed E-state index contributed by atoms with van der Waals surface area (Å²) in [5.41, 5.74) is 1.03. The van der Waals surface area contributed by atoms with Gasteiger partial charge in [-0.25, -0.2) is 8.42 Å². The minimum Gasteiger partial charge on any atom is -0.309 e. The number of fused-ring (bicyclic) bond motifs is 1. The maximum Gasteiger partial charge on any atom is 0.154 e. The lowest BCUT2D eigenvalue weighted by Gasteiger charge is -2.20. The fourth-order valence-corrected chi connectivity index (χ4v) is 3.53. The van der Waals surface area contributed by atoms with Crippen LogP contribution in [-0.4, -0.2) is 26.0 Å². The topological polar surface area (TPSA) is 46.2 Å². The van der Waals surface area contributed by atoms with Gasteiger partial charge in [0, 0.05) is 6.04 Å². The minimum absolute atomic E-state index is 0.136. The van der Waals surface area contributed by atoms with Gasteiger partial charge in [0.25, 0.3) is 0 Å². The number of rotatable bonds is 6. The van der Waals surface area contributed by atoms with Crippen LogP contribution < -0.4 is 5.32 Å². The average molecular weight is 305 g/mol. The molecule has 2 rings (SSSR count). The third-order valence-electron chi connectivity index (χ3n) is 3.74. The molecule has 0 bridgehead atoms. The molecule has 0 radical (unpaired) electrons. The Hall–Kier alpha value is -1.39. The molecule has 1 atom stereocenters. The van der Waals surface area contributed by atoms with Gasteiger partial charge in [-0.2, -0.15) is 0 Å². The van der Waals surface area contributed by atoms with E-state index >= 15 is 0 Å². The highest BCUT2D eigenvalue weighted by molar-refractivity contribution is 7.92. The zero-order valence-corrected chi connectivity index (χ0v) is 13.7. The van der Waals surface area contributed by atoms with Crippen molar-refractivity contribution in [2.75, 3.05) is 12.3 Å². The summed E-state index contributed by atoms with van der Waals surface area (Å²) in [6, 6.07) is 14.1. The molecule has 0 spiro atoms. The van der Waals surface area contributed by atoms with Crippen molar-refractivity contribution in [3.8, 4) is 0 Å². The van der Waals surface area contributed by atoms with Gasteiger partial charge in [-0.15, -0.1) is 0 Å². The Balaban J connectivity index is 2.36. The molecule has 21 heavy (non-hydrogen) atoms. The number of sulfone groups is 1. The molecule has 0 saturated heterocycles. The molecule has 0 aliphatic heterocycles. The van der Waals surface area contributed by atoms with E-state index in [-0.39, 0.29) is 17.0 Å². The normalized spacial score (nSPS) is 13.7. The quantitative estimate of drug-likeness (QED) is 0.890. The van der Waals surface area contributed by atoms with Crippen LogP contribution in [0.2, 0.25) is 0 Å². The summed E-state index contributed by atoms with van der Waals surface area (Å²) in [6.07, 6.45) is 0. The van der Waals surface area contributed by atoms with Crippen LogP contribution >= 0.6 is 0 Å². The van der Waals surface area contributed by atoms with Crippen molar-refractivity contribution in [3.05, 3.63) is 48.0 Å². The number of hydrogen-bond donors (Lipinski definition) is 1. The first-order valence-electron chi connectivity index (χ1n) is 7.37. The van der Waals surface area contributed by atoms with E-state index in [1.165, 1.54) is 5.39 Å². The fraction of sp³-hybridized carbons (Fsp3) is 0.412. The van der Waals surface area contributed by atoms with Crippen molar-refractivity contribution >= 4 is 20.6 Å². The van der Waals surface area contributed by atoms with Crippen molar-refractivity contribution in [1.29, 1.82) is 0 Å². The molecule has 0 aliphatic rings. The molecule has 0 amide bonds. The lowest BCUT2D eigenvalue weighted by Crippen LogP contribution is -2.31. The maximum absolute atomic E-state index is 12.2. The molecule has 0 aromatic heterocycles. The van der Waals surface area contributed by atoms with Gasteiger partial charge in [0.2, 0.25) is 0 Å². The van der Waals surface area contributed by atoms with Crippen LogP contribution in [0.1, 0.15) is 32.4 Å². The van der Waals surface area contributed by atoms with Crippen molar-refractivity contribution in [2.24, 2.45) is 0 Å². The Morgan fingerprint density at radius 3 is 2.33 bits per heavy atom. The molecule has 0 saturated carbocycles. The molecule has 1 unspecified atom stereocenters. The molecule has 114 valence electrons. The van der Waals surface area contributed by atoms with Crippen molar-refractivity contribution < 1.29 is 8.42 Å². The van der Waals surface area contributed by atoms with Crippen molar-refractivity contribution in [1.82, 2.24) is 5.32 Å². The highest BCUT2D eigenvalue weighted by atomic mass is 32.2. The zero-order valence-electron chi connectivity index (χ0n) is 12.8. The van der Waals surface area contributed by atoms with E-state index in [1.54, 1.807) is 13.8 Å². The van der Waals surface area contributed by atoms with Gasteiger partial charge < -0.3 is 5.32 Å². The van der Waals surface area contributed by atoms with Gasteiger partial charge in [-0.05, 0) is 42.8 Å². The third-order valence-corrected chi connectivity index (χ3v) is 5.98. The maximum atomic E-state index is 12.2. The van der Waals surface area contributed by atoms with E-state index in [1.807, 2.05) is 25.1 Å². The fourth-order valence-electron chi connectivity index (χ4n) is 2.37. The van der Waals surface area contributed by atoms with Crippen LogP contribution in [0, 0.1) is 0 Å². The summed E-state index contributed by atoms with van der Waals surface area (Å²) >= 11 is 0. The highest BCUT2D eigenvalue weighted by Crippen LogP contribution is 2.22. The number of hydrogen-bond acceptors (Lipinski definition) is 3. The largest absolute Gasteiger partial charge is 0.309 e. The monoisotopic (exact) mass is 305 g/mol. The first kappa shape index (κ1) is 16.0. The van der Waals surface area contributed by atoms with E-state index < -0.39 is 9.84 Å². The summed E-state index contributed by atoms with van der Waals surface area (Å²) < 4.78 is 24.4. The van der Waals surface area contributed by atoms with Gasteiger partial charge in [-0.3, -0.25) is 0 Å². The lowest BCUT2D eigenvalue weighted by molar-refractivity contribution is 0.553. The second-order valence-corrected chi connectivity index (χ2v) is 8.20. The first-order valence-corrected chi connectivity index (χ1v) is 9.09. The smallest absolute Gasteiger partial charge is 0.154 e. The SMILES string of the molecule is CCNC(CS(=O)(=O)C(C)C)c1ccc2ccccc2c1. The Kier molecular flexibility index (Phi) is 5.01. The molecule has 0 fully saturated rings. The third kappa shape index (κ3) is 3.83. The van der Waals surface area contributed by atoms with Crippen LogP contribution in [0.15, 0.2) is 42.5 Å². The molecular weight excluding hydrogens is 282 g/mol. The molecule has 0 heterocycles. The number of benzene rings is 2.